The van der Waals surface area contributed by atoms with Crippen molar-refractivity contribution >= 4 is 5.91 Å². The average Bonchev–Trinajstić information content (AvgIpc) is 3.23. The second kappa shape index (κ2) is 8.90. The predicted molar refractivity (Wildman–Crippen MR) is 123 cm³/mol. The standard InChI is InChI=1S/C26H29N3O2/c1-28(2)25(30)26(24-15-8-9-17-27-24)16-10-18-29(26)19-20-11-4-5-12-21(20)22-13-6-7-14-23(22)31-3/h4-9,11-15,17H,10,16,18-19H2,1-3H3/t26-/m1/s1. The quantitative estimate of drug-likeness (QED) is 0.601. The van der Waals surface area contributed by atoms with E-state index in [1.807, 2.05) is 56.6 Å². The molecule has 2 heterocycles. The molecule has 2 aromatic carbocycles. The van der Waals surface area contributed by atoms with Crippen molar-refractivity contribution in [2.45, 2.75) is 24.9 Å². The first-order valence-electron chi connectivity index (χ1n) is 10.7. The smallest absolute Gasteiger partial charge is 0.248 e. The lowest BCUT2D eigenvalue weighted by molar-refractivity contribution is -0.141. The van der Waals surface area contributed by atoms with Crippen molar-refractivity contribution in [3.63, 3.8) is 0 Å². The number of carbonyl (C=O) groups excluding carboxylic acids is 1. The lowest BCUT2D eigenvalue weighted by Crippen LogP contribution is -2.52. The normalized spacial score (nSPS) is 18.7. The second-order valence-corrected chi connectivity index (χ2v) is 8.16. The number of aromatic nitrogens is 1. The molecular formula is C26H29N3O2. The highest BCUT2D eigenvalue weighted by Gasteiger charge is 2.50. The van der Waals surface area contributed by atoms with E-state index in [9.17, 15) is 4.79 Å². The van der Waals surface area contributed by atoms with Gasteiger partial charge in [0.25, 0.3) is 0 Å². The van der Waals surface area contributed by atoms with E-state index in [-0.39, 0.29) is 5.91 Å². The molecule has 0 unspecified atom stereocenters. The van der Waals surface area contributed by atoms with Crippen molar-refractivity contribution in [3.05, 3.63) is 84.2 Å². The van der Waals surface area contributed by atoms with Gasteiger partial charge in [0, 0.05) is 32.4 Å². The van der Waals surface area contributed by atoms with Gasteiger partial charge in [0.2, 0.25) is 5.91 Å². The lowest BCUT2D eigenvalue weighted by atomic mass is 9.88. The van der Waals surface area contributed by atoms with Crippen molar-refractivity contribution < 1.29 is 9.53 Å². The number of carbonyl (C=O) groups is 1. The molecule has 0 aliphatic carbocycles. The number of likely N-dealkylation sites (N-methyl/N-ethyl adjacent to an activating group) is 1. The fraction of sp³-hybridized carbons (Fsp3) is 0.308. The van der Waals surface area contributed by atoms with E-state index in [0.717, 1.165) is 42.0 Å². The SMILES string of the molecule is COc1ccccc1-c1ccccc1CN1CCC[C@]1(C(=O)N(C)C)c1ccccn1. The number of methoxy groups -OCH3 is 1. The first-order valence-corrected chi connectivity index (χ1v) is 10.7. The molecule has 31 heavy (non-hydrogen) atoms. The molecule has 0 N–H and O–H groups in total. The van der Waals surface area contributed by atoms with Gasteiger partial charge in [-0.3, -0.25) is 14.7 Å². The lowest BCUT2D eigenvalue weighted by Gasteiger charge is -2.38. The number of hydrogen-bond acceptors (Lipinski definition) is 4. The number of amides is 1. The molecule has 3 aromatic rings. The van der Waals surface area contributed by atoms with Crippen LogP contribution in [0.2, 0.25) is 0 Å². The van der Waals surface area contributed by atoms with Gasteiger partial charge in [0.05, 0.1) is 12.8 Å². The average molecular weight is 416 g/mol. The third kappa shape index (κ3) is 3.81. The number of hydrogen-bond donors (Lipinski definition) is 0. The van der Waals surface area contributed by atoms with E-state index in [1.165, 1.54) is 5.56 Å². The molecule has 1 aromatic heterocycles. The Bertz CT molecular complexity index is 1050. The van der Waals surface area contributed by atoms with Crippen LogP contribution in [0, 0.1) is 0 Å². The van der Waals surface area contributed by atoms with Crippen LogP contribution in [-0.2, 0) is 16.9 Å². The fourth-order valence-corrected chi connectivity index (χ4v) is 4.70. The predicted octanol–water partition coefficient (Wildman–Crippen LogP) is 4.34. The zero-order chi connectivity index (χ0) is 21.8. The Labute approximate surface area is 184 Å². The van der Waals surface area contributed by atoms with Crippen LogP contribution in [0.3, 0.4) is 0 Å². The summed E-state index contributed by atoms with van der Waals surface area (Å²) in [4.78, 5) is 22.2. The molecule has 5 heteroatoms. The summed E-state index contributed by atoms with van der Waals surface area (Å²) in [7, 11) is 5.35. The summed E-state index contributed by atoms with van der Waals surface area (Å²) in [6, 6.07) is 22.3. The Hall–Kier alpha value is -3.18. The molecular weight excluding hydrogens is 386 g/mol. The van der Waals surface area contributed by atoms with Gasteiger partial charge in [-0.1, -0.05) is 48.5 Å². The molecule has 0 spiro atoms. The summed E-state index contributed by atoms with van der Waals surface area (Å²) in [5.41, 5.74) is 3.42. The van der Waals surface area contributed by atoms with Crippen LogP contribution < -0.4 is 4.74 Å². The van der Waals surface area contributed by atoms with Gasteiger partial charge in [-0.05, 0) is 48.7 Å². The zero-order valence-corrected chi connectivity index (χ0v) is 18.4. The summed E-state index contributed by atoms with van der Waals surface area (Å²) >= 11 is 0. The Morgan fingerprint density at radius 1 is 1.03 bits per heavy atom. The maximum Gasteiger partial charge on any atom is 0.248 e. The Morgan fingerprint density at radius 3 is 2.45 bits per heavy atom. The van der Waals surface area contributed by atoms with Gasteiger partial charge in [0.15, 0.2) is 0 Å². The van der Waals surface area contributed by atoms with Crippen LogP contribution >= 0.6 is 0 Å². The molecule has 0 radical (unpaired) electrons. The molecule has 5 nitrogen and oxygen atoms in total. The Balaban J connectivity index is 1.78. The summed E-state index contributed by atoms with van der Waals surface area (Å²) in [6.07, 6.45) is 3.49. The van der Waals surface area contributed by atoms with E-state index in [1.54, 1.807) is 18.2 Å². The Kier molecular flexibility index (Phi) is 6.05. The van der Waals surface area contributed by atoms with E-state index in [2.05, 4.69) is 34.1 Å². The number of rotatable bonds is 6. The summed E-state index contributed by atoms with van der Waals surface area (Å²) in [5.74, 6) is 0.926. The minimum atomic E-state index is -0.751. The van der Waals surface area contributed by atoms with Crippen molar-refractivity contribution in [2.24, 2.45) is 0 Å². The Morgan fingerprint density at radius 2 is 1.74 bits per heavy atom. The molecule has 1 aliphatic rings. The summed E-state index contributed by atoms with van der Waals surface area (Å²) in [5, 5.41) is 0. The molecule has 1 aliphatic heterocycles. The maximum absolute atomic E-state index is 13.5. The monoisotopic (exact) mass is 415 g/mol. The van der Waals surface area contributed by atoms with Gasteiger partial charge in [-0.15, -0.1) is 0 Å². The molecule has 1 fully saturated rings. The zero-order valence-electron chi connectivity index (χ0n) is 18.4. The summed E-state index contributed by atoms with van der Waals surface area (Å²) < 4.78 is 5.62. The highest BCUT2D eigenvalue weighted by Crippen LogP contribution is 2.42. The van der Waals surface area contributed by atoms with Gasteiger partial charge >= 0.3 is 0 Å². The van der Waals surface area contributed by atoms with E-state index in [0.29, 0.717) is 6.54 Å². The molecule has 0 saturated carbocycles. The molecule has 4 rings (SSSR count). The number of benzene rings is 2. The van der Waals surface area contributed by atoms with Crippen molar-refractivity contribution in [2.75, 3.05) is 27.7 Å². The second-order valence-electron chi connectivity index (χ2n) is 8.16. The van der Waals surface area contributed by atoms with Crippen LogP contribution in [0.4, 0.5) is 0 Å². The number of nitrogens with zero attached hydrogens (tertiary/aromatic N) is 3. The van der Waals surface area contributed by atoms with Crippen LogP contribution in [0.25, 0.3) is 11.1 Å². The first-order chi connectivity index (χ1) is 15.1. The topological polar surface area (TPSA) is 45.7 Å². The number of para-hydroxylation sites is 1. The third-order valence-corrected chi connectivity index (χ3v) is 6.13. The van der Waals surface area contributed by atoms with E-state index < -0.39 is 5.54 Å². The van der Waals surface area contributed by atoms with Gasteiger partial charge < -0.3 is 9.64 Å². The van der Waals surface area contributed by atoms with Gasteiger partial charge in [0.1, 0.15) is 11.3 Å². The first kappa shape index (κ1) is 21.1. The van der Waals surface area contributed by atoms with Crippen LogP contribution in [0.15, 0.2) is 72.9 Å². The van der Waals surface area contributed by atoms with Crippen LogP contribution in [0.5, 0.6) is 5.75 Å². The number of pyridine rings is 1. The van der Waals surface area contributed by atoms with E-state index in [4.69, 9.17) is 4.74 Å². The summed E-state index contributed by atoms with van der Waals surface area (Å²) in [6.45, 7) is 1.50. The van der Waals surface area contributed by atoms with Gasteiger partial charge in [-0.2, -0.15) is 0 Å². The molecule has 160 valence electrons. The number of ether oxygens (including phenoxy) is 1. The van der Waals surface area contributed by atoms with E-state index >= 15 is 0 Å². The minimum Gasteiger partial charge on any atom is -0.496 e. The number of likely N-dealkylation sites (tertiary alicyclic amines) is 1. The van der Waals surface area contributed by atoms with Crippen molar-refractivity contribution in [1.29, 1.82) is 0 Å². The molecule has 0 bridgehead atoms. The fourth-order valence-electron chi connectivity index (χ4n) is 4.70. The maximum atomic E-state index is 13.5. The largest absolute Gasteiger partial charge is 0.496 e. The molecule has 1 saturated heterocycles. The van der Waals surface area contributed by atoms with Gasteiger partial charge in [-0.25, -0.2) is 0 Å². The molecule has 1 atom stereocenters. The minimum absolute atomic E-state index is 0.0819. The van der Waals surface area contributed by atoms with Crippen molar-refractivity contribution in [3.8, 4) is 16.9 Å². The highest BCUT2D eigenvalue weighted by atomic mass is 16.5. The van der Waals surface area contributed by atoms with Crippen LogP contribution in [-0.4, -0.2) is 48.4 Å². The molecule has 1 amide bonds. The highest BCUT2D eigenvalue weighted by molar-refractivity contribution is 5.87. The van der Waals surface area contributed by atoms with Crippen molar-refractivity contribution in [1.82, 2.24) is 14.8 Å². The van der Waals surface area contributed by atoms with Crippen LogP contribution in [0.1, 0.15) is 24.1 Å². The third-order valence-electron chi connectivity index (χ3n) is 6.13.